The molecule has 0 radical (unpaired) electrons. The van der Waals surface area contributed by atoms with Crippen LogP contribution in [-0.4, -0.2) is 19.9 Å². The first-order chi connectivity index (χ1) is 9.74. The number of carbonyl (C=O) groups is 1. The van der Waals surface area contributed by atoms with Crippen LogP contribution in [0, 0.1) is 5.92 Å². The molecule has 1 unspecified atom stereocenters. The number of hydrogen-bond donors (Lipinski definition) is 0. The topological polar surface area (TPSA) is 35.5 Å². The van der Waals surface area contributed by atoms with Crippen LogP contribution in [-0.2, 0) is 9.47 Å². The van der Waals surface area contributed by atoms with Crippen molar-refractivity contribution in [2.75, 3.05) is 13.7 Å². The first-order valence-corrected chi connectivity index (χ1v) is 8.45. The summed E-state index contributed by atoms with van der Waals surface area (Å²) in [7, 11) is 1.35. The first kappa shape index (κ1) is 19.3. The summed E-state index contributed by atoms with van der Waals surface area (Å²) in [6, 6.07) is 0. The molecule has 1 atom stereocenters. The Morgan fingerprint density at radius 1 is 0.850 bits per heavy atom. The van der Waals surface area contributed by atoms with E-state index in [0.29, 0.717) is 6.61 Å². The van der Waals surface area contributed by atoms with Crippen molar-refractivity contribution in [2.24, 2.45) is 5.92 Å². The van der Waals surface area contributed by atoms with E-state index in [9.17, 15) is 4.79 Å². The summed E-state index contributed by atoms with van der Waals surface area (Å²) in [4.78, 5) is 10.9. The van der Waals surface area contributed by atoms with Crippen molar-refractivity contribution in [3.05, 3.63) is 0 Å². The summed E-state index contributed by atoms with van der Waals surface area (Å²) in [6.45, 7) is 5.00. The van der Waals surface area contributed by atoms with Crippen LogP contribution in [0.4, 0.5) is 4.79 Å². The van der Waals surface area contributed by atoms with Crippen LogP contribution < -0.4 is 0 Å². The van der Waals surface area contributed by atoms with E-state index < -0.39 is 6.16 Å². The maximum absolute atomic E-state index is 10.9. The molecule has 0 aromatic carbocycles. The summed E-state index contributed by atoms with van der Waals surface area (Å²) in [5.41, 5.74) is 0. The minimum Gasteiger partial charge on any atom is -0.438 e. The molecule has 0 aliphatic rings. The molecule has 0 fully saturated rings. The number of hydrogen-bond acceptors (Lipinski definition) is 3. The zero-order valence-corrected chi connectivity index (χ0v) is 13.8. The summed E-state index contributed by atoms with van der Waals surface area (Å²) < 4.78 is 9.42. The SMILES string of the molecule is CCCCCCC(CCCCC)CCCOC(=O)OC. The van der Waals surface area contributed by atoms with Gasteiger partial charge < -0.3 is 9.47 Å². The normalized spacial score (nSPS) is 12.2. The lowest BCUT2D eigenvalue weighted by Gasteiger charge is -2.16. The highest BCUT2D eigenvalue weighted by Crippen LogP contribution is 2.22. The molecule has 0 amide bonds. The summed E-state index contributed by atoms with van der Waals surface area (Å²) in [5.74, 6) is 0.805. The molecule has 0 saturated carbocycles. The van der Waals surface area contributed by atoms with E-state index in [0.717, 1.165) is 12.3 Å². The van der Waals surface area contributed by atoms with E-state index in [4.69, 9.17) is 4.74 Å². The summed E-state index contributed by atoms with van der Waals surface area (Å²) >= 11 is 0. The van der Waals surface area contributed by atoms with Crippen molar-refractivity contribution in [3.63, 3.8) is 0 Å². The van der Waals surface area contributed by atoms with Crippen molar-refractivity contribution >= 4 is 6.16 Å². The van der Waals surface area contributed by atoms with Crippen molar-refractivity contribution in [3.8, 4) is 0 Å². The van der Waals surface area contributed by atoms with E-state index in [2.05, 4.69) is 18.6 Å². The molecule has 0 bridgehead atoms. The first-order valence-electron chi connectivity index (χ1n) is 8.45. The van der Waals surface area contributed by atoms with Gasteiger partial charge in [0.1, 0.15) is 0 Å². The van der Waals surface area contributed by atoms with E-state index in [1.54, 1.807) is 0 Å². The van der Waals surface area contributed by atoms with Crippen molar-refractivity contribution in [1.29, 1.82) is 0 Å². The quantitative estimate of drug-likeness (QED) is 0.321. The zero-order chi connectivity index (χ0) is 15.1. The highest BCUT2D eigenvalue weighted by Gasteiger charge is 2.09. The molecule has 0 aliphatic carbocycles. The second-order valence-corrected chi connectivity index (χ2v) is 5.66. The fourth-order valence-electron chi connectivity index (χ4n) is 2.56. The van der Waals surface area contributed by atoms with Gasteiger partial charge in [-0.1, -0.05) is 71.6 Å². The zero-order valence-electron chi connectivity index (χ0n) is 13.8. The third-order valence-electron chi connectivity index (χ3n) is 3.83. The van der Waals surface area contributed by atoms with E-state index >= 15 is 0 Å². The van der Waals surface area contributed by atoms with Gasteiger partial charge in [0.2, 0.25) is 0 Å². The minimum absolute atomic E-state index is 0.492. The van der Waals surface area contributed by atoms with Gasteiger partial charge in [-0.3, -0.25) is 0 Å². The molecule has 0 rings (SSSR count). The fourth-order valence-corrected chi connectivity index (χ4v) is 2.56. The van der Waals surface area contributed by atoms with Crippen LogP contribution in [0.2, 0.25) is 0 Å². The lowest BCUT2D eigenvalue weighted by atomic mass is 9.91. The summed E-state index contributed by atoms with van der Waals surface area (Å²) in [6.07, 6.45) is 13.6. The van der Waals surface area contributed by atoms with Crippen LogP contribution in [0.3, 0.4) is 0 Å². The molecular weight excluding hydrogens is 252 g/mol. The predicted molar refractivity (Wildman–Crippen MR) is 84.0 cm³/mol. The number of unbranched alkanes of at least 4 members (excludes halogenated alkanes) is 5. The Bertz CT molecular complexity index is 216. The average molecular weight is 286 g/mol. The molecule has 0 spiro atoms. The van der Waals surface area contributed by atoms with Crippen molar-refractivity contribution in [1.82, 2.24) is 0 Å². The minimum atomic E-state index is -0.560. The van der Waals surface area contributed by atoms with Crippen LogP contribution in [0.5, 0.6) is 0 Å². The smallest absolute Gasteiger partial charge is 0.438 e. The van der Waals surface area contributed by atoms with Gasteiger partial charge in [-0.15, -0.1) is 0 Å². The monoisotopic (exact) mass is 286 g/mol. The Morgan fingerprint density at radius 3 is 2.00 bits per heavy atom. The Hall–Kier alpha value is -0.730. The maximum Gasteiger partial charge on any atom is 0.507 e. The summed E-state index contributed by atoms with van der Waals surface area (Å²) in [5, 5.41) is 0. The molecule has 3 heteroatoms. The second kappa shape index (κ2) is 14.7. The number of carbonyl (C=O) groups excluding carboxylic acids is 1. The predicted octanol–water partition coefficient (Wildman–Crippen LogP) is 5.72. The molecule has 0 aromatic heterocycles. The molecule has 0 aliphatic heterocycles. The van der Waals surface area contributed by atoms with Crippen LogP contribution in [0.15, 0.2) is 0 Å². The third kappa shape index (κ3) is 12.3. The fraction of sp³-hybridized carbons (Fsp3) is 0.941. The molecule has 20 heavy (non-hydrogen) atoms. The van der Waals surface area contributed by atoms with Crippen LogP contribution in [0.1, 0.15) is 84.5 Å². The van der Waals surface area contributed by atoms with Crippen LogP contribution in [0.25, 0.3) is 0 Å². The van der Waals surface area contributed by atoms with Crippen molar-refractivity contribution in [2.45, 2.75) is 84.5 Å². The van der Waals surface area contributed by atoms with Gasteiger partial charge in [-0.05, 0) is 18.8 Å². The molecule has 3 nitrogen and oxygen atoms in total. The Balaban J connectivity index is 3.75. The standard InChI is InChI=1S/C17H34O3/c1-4-6-8-10-13-16(12-9-7-5-2)14-11-15-20-17(18)19-3/h16H,4-15H2,1-3H3. The second-order valence-electron chi connectivity index (χ2n) is 5.66. The lowest BCUT2D eigenvalue weighted by Crippen LogP contribution is -2.08. The molecule has 0 N–H and O–H groups in total. The van der Waals surface area contributed by atoms with E-state index in [1.807, 2.05) is 0 Å². The number of methoxy groups -OCH3 is 1. The van der Waals surface area contributed by atoms with Gasteiger partial charge in [-0.25, -0.2) is 4.79 Å². The molecule has 0 heterocycles. The average Bonchev–Trinajstić information content (AvgIpc) is 2.47. The van der Waals surface area contributed by atoms with Gasteiger partial charge in [0.15, 0.2) is 0 Å². The lowest BCUT2D eigenvalue weighted by molar-refractivity contribution is 0.0701. The molecule has 0 saturated heterocycles. The van der Waals surface area contributed by atoms with Crippen molar-refractivity contribution < 1.29 is 14.3 Å². The van der Waals surface area contributed by atoms with Gasteiger partial charge in [0.25, 0.3) is 0 Å². The third-order valence-corrected chi connectivity index (χ3v) is 3.83. The number of rotatable bonds is 13. The Labute approximate surface area is 125 Å². The van der Waals surface area contributed by atoms with Gasteiger partial charge in [0.05, 0.1) is 13.7 Å². The van der Waals surface area contributed by atoms with E-state index in [1.165, 1.54) is 71.3 Å². The largest absolute Gasteiger partial charge is 0.507 e. The van der Waals surface area contributed by atoms with Crippen LogP contribution >= 0.6 is 0 Å². The Kier molecular flexibility index (Phi) is 14.1. The highest BCUT2D eigenvalue weighted by molar-refractivity contribution is 5.59. The Morgan fingerprint density at radius 2 is 1.40 bits per heavy atom. The van der Waals surface area contributed by atoms with Gasteiger partial charge in [0, 0.05) is 0 Å². The molecular formula is C17H34O3. The molecule has 120 valence electrons. The maximum atomic E-state index is 10.9. The highest BCUT2D eigenvalue weighted by atomic mass is 16.7. The number of ether oxygens (including phenoxy) is 2. The molecule has 0 aromatic rings. The van der Waals surface area contributed by atoms with Gasteiger partial charge >= 0.3 is 6.16 Å². The van der Waals surface area contributed by atoms with E-state index in [-0.39, 0.29) is 0 Å². The van der Waals surface area contributed by atoms with Gasteiger partial charge in [-0.2, -0.15) is 0 Å².